The number of aryl methyl sites for hydroxylation is 1. The Morgan fingerprint density at radius 1 is 1.31 bits per heavy atom. The second kappa shape index (κ2) is 3.62. The predicted molar refractivity (Wildman–Crippen MR) is 57.4 cm³/mol. The smallest absolute Gasteiger partial charge is 0.106 e. The molecule has 0 saturated heterocycles. The van der Waals surface area contributed by atoms with Gasteiger partial charge in [-0.1, -0.05) is 0 Å². The van der Waals surface area contributed by atoms with Gasteiger partial charge in [0.15, 0.2) is 0 Å². The zero-order chi connectivity index (χ0) is 9.26. The lowest BCUT2D eigenvalue weighted by molar-refractivity contribution is 0.220. The van der Waals surface area contributed by atoms with Crippen LogP contribution in [0.25, 0.3) is 0 Å². The highest BCUT2D eigenvalue weighted by Gasteiger charge is 2.13. The van der Waals surface area contributed by atoms with Gasteiger partial charge < -0.3 is 5.11 Å². The zero-order valence-electron chi connectivity index (χ0n) is 7.23. The number of rotatable bonds is 2. The Bertz CT molecular complexity index is 375. The summed E-state index contributed by atoms with van der Waals surface area (Å²) in [5, 5.41) is 16.0. The van der Waals surface area contributed by atoms with Crippen molar-refractivity contribution in [3.63, 3.8) is 0 Å². The molecule has 0 aromatic carbocycles. The Morgan fingerprint density at radius 2 is 2.15 bits per heavy atom. The van der Waals surface area contributed by atoms with Crippen LogP contribution in [-0.4, -0.2) is 5.11 Å². The average molecular weight is 210 g/mol. The Balaban J connectivity index is 2.33. The fourth-order valence-corrected chi connectivity index (χ4v) is 2.70. The fourth-order valence-electron chi connectivity index (χ4n) is 1.29. The van der Waals surface area contributed by atoms with Gasteiger partial charge in [-0.25, -0.2) is 0 Å². The van der Waals surface area contributed by atoms with Gasteiger partial charge in [-0.2, -0.15) is 11.3 Å². The van der Waals surface area contributed by atoms with E-state index in [-0.39, 0.29) is 0 Å². The molecule has 2 aromatic heterocycles. The first kappa shape index (κ1) is 8.94. The molecule has 1 atom stereocenters. The number of hydrogen-bond donors (Lipinski definition) is 1. The van der Waals surface area contributed by atoms with Crippen LogP contribution in [0.4, 0.5) is 0 Å². The summed E-state index contributed by atoms with van der Waals surface area (Å²) in [5.41, 5.74) is 2.02. The molecule has 1 N–H and O–H groups in total. The summed E-state index contributed by atoms with van der Waals surface area (Å²) >= 11 is 3.29. The van der Waals surface area contributed by atoms with E-state index in [1.165, 1.54) is 4.88 Å². The Labute approximate surface area is 85.3 Å². The van der Waals surface area contributed by atoms with Crippen molar-refractivity contribution >= 4 is 22.7 Å². The van der Waals surface area contributed by atoms with Gasteiger partial charge in [0.05, 0.1) is 0 Å². The SMILES string of the molecule is Cc1sccc1C(O)c1ccsc1. The van der Waals surface area contributed by atoms with Crippen LogP contribution in [-0.2, 0) is 0 Å². The van der Waals surface area contributed by atoms with Gasteiger partial charge in [-0.15, -0.1) is 11.3 Å². The van der Waals surface area contributed by atoms with Crippen molar-refractivity contribution in [3.8, 4) is 0 Å². The lowest BCUT2D eigenvalue weighted by atomic mass is 10.1. The highest BCUT2D eigenvalue weighted by Crippen LogP contribution is 2.28. The van der Waals surface area contributed by atoms with Gasteiger partial charge in [0, 0.05) is 4.88 Å². The van der Waals surface area contributed by atoms with Crippen molar-refractivity contribution < 1.29 is 5.11 Å². The van der Waals surface area contributed by atoms with E-state index < -0.39 is 6.10 Å². The Morgan fingerprint density at radius 3 is 2.69 bits per heavy atom. The molecule has 0 aliphatic carbocycles. The molecule has 68 valence electrons. The minimum atomic E-state index is -0.447. The van der Waals surface area contributed by atoms with E-state index in [4.69, 9.17) is 0 Å². The minimum Gasteiger partial charge on any atom is -0.384 e. The summed E-state index contributed by atoms with van der Waals surface area (Å²) in [7, 11) is 0. The molecule has 0 aliphatic rings. The molecule has 0 saturated carbocycles. The molecule has 0 spiro atoms. The third-order valence-electron chi connectivity index (χ3n) is 2.05. The molecule has 1 unspecified atom stereocenters. The molecule has 0 amide bonds. The molecule has 0 radical (unpaired) electrons. The summed E-state index contributed by atoms with van der Waals surface area (Å²) in [6.07, 6.45) is -0.447. The van der Waals surface area contributed by atoms with E-state index in [2.05, 4.69) is 0 Å². The van der Waals surface area contributed by atoms with Crippen LogP contribution in [0, 0.1) is 6.92 Å². The molecule has 0 aliphatic heterocycles. The van der Waals surface area contributed by atoms with Crippen molar-refractivity contribution in [1.82, 2.24) is 0 Å². The maximum Gasteiger partial charge on any atom is 0.106 e. The molecule has 13 heavy (non-hydrogen) atoms. The summed E-state index contributed by atoms with van der Waals surface area (Å²) in [6.45, 7) is 2.04. The molecule has 2 aromatic rings. The normalized spacial score (nSPS) is 13.1. The second-order valence-electron chi connectivity index (χ2n) is 2.89. The van der Waals surface area contributed by atoms with Crippen LogP contribution < -0.4 is 0 Å². The highest BCUT2D eigenvalue weighted by atomic mass is 32.1. The predicted octanol–water partition coefficient (Wildman–Crippen LogP) is 3.20. The van der Waals surface area contributed by atoms with Gasteiger partial charge in [0.2, 0.25) is 0 Å². The van der Waals surface area contributed by atoms with Crippen LogP contribution >= 0.6 is 22.7 Å². The third kappa shape index (κ3) is 1.68. The van der Waals surface area contributed by atoms with E-state index in [0.29, 0.717) is 0 Å². The summed E-state index contributed by atoms with van der Waals surface area (Å²) in [4.78, 5) is 1.19. The molecule has 0 bridgehead atoms. The van der Waals surface area contributed by atoms with Crippen molar-refractivity contribution in [2.75, 3.05) is 0 Å². The van der Waals surface area contributed by atoms with Crippen LogP contribution in [0.5, 0.6) is 0 Å². The second-order valence-corrected chi connectivity index (χ2v) is 4.79. The Hall–Kier alpha value is -0.640. The quantitative estimate of drug-likeness (QED) is 0.807. The van der Waals surface area contributed by atoms with E-state index in [9.17, 15) is 5.11 Å². The van der Waals surface area contributed by atoms with Crippen molar-refractivity contribution in [3.05, 3.63) is 44.3 Å². The molecule has 1 nitrogen and oxygen atoms in total. The first-order valence-corrected chi connectivity index (χ1v) is 5.85. The number of thiophene rings is 2. The van der Waals surface area contributed by atoms with Crippen LogP contribution in [0.3, 0.4) is 0 Å². The van der Waals surface area contributed by atoms with E-state index in [1.54, 1.807) is 22.7 Å². The first-order chi connectivity index (χ1) is 6.29. The highest BCUT2D eigenvalue weighted by molar-refractivity contribution is 7.10. The maximum atomic E-state index is 9.96. The minimum absolute atomic E-state index is 0.447. The van der Waals surface area contributed by atoms with Crippen molar-refractivity contribution in [2.45, 2.75) is 13.0 Å². The number of aliphatic hydroxyl groups is 1. The topological polar surface area (TPSA) is 20.2 Å². The van der Waals surface area contributed by atoms with Gasteiger partial charge in [-0.05, 0) is 46.3 Å². The molecule has 2 rings (SSSR count). The monoisotopic (exact) mass is 210 g/mol. The van der Waals surface area contributed by atoms with Gasteiger partial charge in [0.1, 0.15) is 6.10 Å². The molecule has 3 heteroatoms. The van der Waals surface area contributed by atoms with E-state index >= 15 is 0 Å². The Kier molecular flexibility index (Phi) is 2.49. The van der Waals surface area contributed by atoms with Crippen molar-refractivity contribution in [2.24, 2.45) is 0 Å². The van der Waals surface area contributed by atoms with Gasteiger partial charge in [0.25, 0.3) is 0 Å². The maximum absolute atomic E-state index is 9.96. The number of hydrogen-bond acceptors (Lipinski definition) is 3. The molecule has 0 fully saturated rings. The van der Waals surface area contributed by atoms with E-state index in [0.717, 1.165) is 11.1 Å². The average Bonchev–Trinajstić information content (AvgIpc) is 2.72. The molecular formula is C10H10OS2. The molecular weight excluding hydrogens is 200 g/mol. The van der Waals surface area contributed by atoms with E-state index in [1.807, 2.05) is 35.2 Å². The third-order valence-corrected chi connectivity index (χ3v) is 3.62. The standard InChI is InChI=1S/C10H10OS2/c1-7-9(3-5-13-7)10(11)8-2-4-12-6-8/h2-6,10-11H,1H3. The van der Waals surface area contributed by atoms with Crippen LogP contribution in [0.15, 0.2) is 28.3 Å². The van der Waals surface area contributed by atoms with Gasteiger partial charge in [-0.3, -0.25) is 0 Å². The van der Waals surface area contributed by atoms with Gasteiger partial charge >= 0.3 is 0 Å². The summed E-state index contributed by atoms with van der Waals surface area (Å²) in [5.74, 6) is 0. The summed E-state index contributed by atoms with van der Waals surface area (Å²) < 4.78 is 0. The largest absolute Gasteiger partial charge is 0.384 e. The lowest BCUT2D eigenvalue weighted by Gasteiger charge is -2.07. The first-order valence-electron chi connectivity index (χ1n) is 4.03. The lowest BCUT2D eigenvalue weighted by Crippen LogP contribution is -1.97. The number of aliphatic hydroxyl groups excluding tert-OH is 1. The van der Waals surface area contributed by atoms with Crippen LogP contribution in [0.2, 0.25) is 0 Å². The molecule has 2 heterocycles. The van der Waals surface area contributed by atoms with Crippen molar-refractivity contribution in [1.29, 1.82) is 0 Å². The zero-order valence-corrected chi connectivity index (χ0v) is 8.86. The summed E-state index contributed by atoms with van der Waals surface area (Å²) in [6, 6.07) is 3.95. The van der Waals surface area contributed by atoms with Crippen LogP contribution in [0.1, 0.15) is 22.1 Å². The fraction of sp³-hybridized carbons (Fsp3) is 0.200.